The van der Waals surface area contributed by atoms with E-state index in [9.17, 15) is 46.7 Å². The maximum absolute atomic E-state index is 13.7. The van der Waals surface area contributed by atoms with E-state index >= 15 is 0 Å². The topological polar surface area (TPSA) is 253 Å². The average Bonchev–Trinajstić information content (AvgIpc) is 3.26. The summed E-state index contributed by atoms with van der Waals surface area (Å²) in [5, 5.41) is 25.8. The monoisotopic (exact) mass is 943 g/mol. The van der Waals surface area contributed by atoms with Crippen molar-refractivity contribution in [3.63, 3.8) is 0 Å². The third-order valence-corrected chi connectivity index (χ3v) is 12.2. The van der Waals surface area contributed by atoms with E-state index < -0.39 is 46.7 Å². The third kappa shape index (κ3) is 24.8. The molecule has 0 aliphatic carbocycles. The van der Waals surface area contributed by atoms with E-state index in [0.29, 0.717) is 13.0 Å². The Morgan fingerprint density at radius 1 is 0.672 bits per heavy atom. The van der Waals surface area contributed by atoms with Crippen LogP contribution in [0.5, 0.6) is 0 Å². The summed E-state index contributed by atoms with van der Waals surface area (Å²) in [7, 11) is -7.89. The molecule has 0 heterocycles. The minimum atomic E-state index is -4.12. The number of benzene rings is 2. The van der Waals surface area contributed by atoms with Gasteiger partial charge in [-0.3, -0.25) is 34.0 Å². The summed E-state index contributed by atoms with van der Waals surface area (Å²) in [4.78, 5) is 49.3. The minimum absolute atomic E-state index is 0.0167. The third-order valence-electron chi connectivity index (χ3n) is 10.1. The van der Waals surface area contributed by atoms with Gasteiger partial charge in [0.15, 0.2) is 4.90 Å². The van der Waals surface area contributed by atoms with Crippen molar-refractivity contribution in [1.29, 1.82) is 0 Å². The van der Waals surface area contributed by atoms with Gasteiger partial charge in [0.25, 0.3) is 21.5 Å². The van der Waals surface area contributed by atoms with E-state index in [1.165, 1.54) is 88.1 Å². The van der Waals surface area contributed by atoms with Crippen molar-refractivity contribution in [3.05, 3.63) is 74.3 Å². The number of hydrogen-bond donors (Lipinski definition) is 2. The number of nitrogens with zero attached hydrogens (tertiary/aromatic N) is 3. The number of nitro benzene ring substituents is 2. The number of amides is 2. The summed E-state index contributed by atoms with van der Waals surface area (Å²) < 4.78 is 71.9. The molecule has 0 aliphatic rings. The minimum Gasteiger partial charge on any atom is -0.378 e. The molecule has 0 saturated heterocycles. The van der Waals surface area contributed by atoms with Gasteiger partial charge >= 0.3 is 0 Å². The number of hydrogen-bond acceptors (Lipinski definition) is 14. The van der Waals surface area contributed by atoms with Crippen molar-refractivity contribution in [3.8, 4) is 0 Å². The lowest BCUT2D eigenvalue weighted by Crippen LogP contribution is -2.37. The number of ether oxygens (including phenoxy) is 3. The molecule has 19 nitrogen and oxygen atoms in total. The van der Waals surface area contributed by atoms with Crippen molar-refractivity contribution in [2.45, 2.75) is 121 Å². The fourth-order valence-electron chi connectivity index (χ4n) is 6.77. The average molecular weight is 944 g/mol. The van der Waals surface area contributed by atoms with Gasteiger partial charge in [-0.05, 0) is 18.6 Å². The quantitative estimate of drug-likeness (QED) is 0.0304. The molecule has 0 fully saturated rings. The zero-order valence-electron chi connectivity index (χ0n) is 37.5. The Hall–Kier alpha value is -4.12. The lowest BCUT2D eigenvalue weighted by molar-refractivity contribution is -0.387. The first-order valence-corrected chi connectivity index (χ1v) is 25.6. The summed E-state index contributed by atoms with van der Waals surface area (Å²) in [5.74, 6) is -0.734. The molecule has 21 heteroatoms. The van der Waals surface area contributed by atoms with E-state index in [1.807, 2.05) is 0 Å². The molecular formula is C43H69N5O14S2. The molecule has 2 N–H and O–H groups in total. The maximum atomic E-state index is 13.7. The molecule has 362 valence electrons. The zero-order valence-corrected chi connectivity index (χ0v) is 39.1. The van der Waals surface area contributed by atoms with E-state index in [-0.39, 0.29) is 95.2 Å². The second-order valence-corrected chi connectivity index (χ2v) is 18.7. The van der Waals surface area contributed by atoms with Crippen LogP contribution < -0.4 is 10.0 Å². The first-order valence-electron chi connectivity index (χ1n) is 22.3. The van der Waals surface area contributed by atoms with Crippen LogP contribution in [-0.4, -0.2) is 115 Å². The van der Waals surface area contributed by atoms with Crippen LogP contribution in [0.3, 0.4) is 0 Å². The van der Waals surface area contributed by atoms with Crippen LogP contribution in [0.4, 0.5) is 11.4 Å². The SMILES string of the molecule is CCCCCCCCCCCCCCCCN(CC(OCCOS(C)(=O)=O)c1ccccc1[N+](=O)[O-])C(=O)CCC(=O)NCCOCCOCCNS(=O)(=O)c1ccccc1[N+](=O)[O-]. The van der Waals surface area contributed by atoms with E-state index in [1.54, 1.807) is 11.0 Å². The lowest BCUT2D eigenvalue weighted by Gasteiger charge is -2.28. The first-order chi connectivity index (χ1) is 30.7. The van der Waals surface area contributed by atoms with E-state index in [4.69, 9.17) is 18.4 Å². The molecule has 2 amide bonds. The summed E-state index contributed by atoms with van der Waals surface area (Å²) in [6.07, 6.45) is 15.9. The molecule has 0 aromatic heterocycles. The standard InChI is InChI=1S/C43H69N5O14S2/c1-3-4-5-6-7-8-9-10-11-12-13-14-15-20-29-46(36-40(61-34-35-62-63(2,55)56)37-21-16-17-22-38(37)47(51)52)43(50)26-25-42(49)44-27-30-59-32-33-60-31-28-45-64(57,58)41-24-19-18-23-39(41)48(53)54/h16-19,21-24,40,45H,3-15,20,25-36H2,1-2H3,(H,44,49). The van der Waals surface area contributed by atoms with Gasteiger partial charge in [0, 0.05) is 44.6 Å². The van der Waals surface area contributed by atoms with Gasteiger partial charge in [-0.1, -0.05) is 115 Å². The highest BCUT2D eigenvalue weighted by Crippen LogP contribution is 2.29. The molecule has 1 unspecified atom stereocenters. The molecule has 64 heavy (non-hydrogen) atoms. The Kier molecular flexibility index (Phi) is 28.5. The largest absolute Gasteiger partial charge is 0.378 e. The molecule has 0 radical (unpaired) electrons. The molecule has 2 rings (SSSR count). The van der Waals surface area contributed by atoms with Crippen LogP contribution in [0.15, 0.2) is 53.4 Å². The van der Waals surface area contributed by atoms with Crippen LogP contribution in [0.25, 0.3) is 0 Å². The predicted octanol–water partition coefficient (Wildman–Crippen LogP) is 6.75. The highest BCUT2D eigenvalue weighted by Gasteiger charge is 2.28. The highest BCUT2D eigenvalue weighted by atomic mass is 32.2. The molecule has 0 spiro atoms. The van der Waals surface area contributed by atoms with Crippen molar-refractivity contribution in [1.82, 2.24) is 14.9 Å². The fourth-order valence-corrected chi connectivity index (χ4v) is 8.32. The second kappa shape index (κ2) is 32.5. The number of unbranched alkanes of at least 4 members (excludes halogenated alkanes) is 13. The lowest BCUT2D eigenvalue weighted by atomic mass is 10.0. The van der Waals surface area contributed by atoms with Crippen LogP contribution >= 0.6 is 0 Å². The van der Waals surface area contributed by atoms with E-state index in [2.05, 4.69) is 17.0 Å². The van der Waals surface area contributed by atoms with Crippen LogP contribution in [0, 0.1) is 20.2 Å². The Morgan fingerprint density at radius 2 is 1.20 bits per heavy atom. The summed E-state index contributed by atoms with van der Waals surface area (Å²) in [6.45, 7) is 2.34. The van der Waals surface area contributed by atoms with Crippen LogP contribution in [0.1, 0.15) is 121 Å². The molecular weight excluding hydrogens is 875 g/mol. The highest BCUT2D eigenvalue weighted by molar-refractivity contribution is 7.89. The Morgan fingerprint density at radius 3 is 1.78 bits per heavy atom. The van der Waals surface area contributed by atoms with Crippen molar-refractivity contribution < 1.29 is 54.7 Å². The molecule has 0 bridgehead atoms. The van der Waals surface area contributed by atoms with Gasteiger partial charge < -0.3 is 24.4 Å². The predicted molar refractivity (Wildman–Crippen MR) is 242 cm³/mol. The zero-order chi connectivity index (χ0) is 47.1. The van der Waals surface area contributed by atoms with Gasteiger partial charge in [-0.2, -0.15) is 8.42 Å². The van der Waals surface area contributed by atoms with Gasteiger partial charge in [0.05, 0.1) is 67.9 Å². The van der Waals surface area contributed by atoms with Crippen molar-refractivity contribution >= 4 is 43.3 Å². The smallest absolute Gasteiger partial charge is 0.289 e. The number of carbonyl (C=O) groups is 2. The summed E-state index contributed by atoms with van der Waals surface area (Å²) in [5.41, 5.74) is -0.532. The molecule has 0 saturated carbocycles. The van der Waals surface area contributed by atoms with Gasteiger partial charge in [0.2, 0.25) is 21.8 Å². The van der Waals surface area contributed by atoms with Gasteiger partial charge in [-0.25, -0.2) is 13.1 Å². The van der Waals surface area contributed by atoms with Crippen molar-refractivity contribution in [2.24, 2.45) is 0 Å². The number of rotatable bonds is 39. The van der Waals surface area contributed by atoms with Crippen molar-refractivity contribution in [2.75, 3.05) is 72.1 Å². The Labute approximate surface area is 378 Å². The fraction of sp³-hybridized carbons (Fsp3) is 0.674. The molecule has 2 aromatic carbocycles. The number of para-hydroxylation sites is 2. The van der Waals surface area contributed by atoms with Crippen LogP contribution in [-0.2, 0) is 48.1 Å². The van der Waals surface area contributed by atoms with Crippen LogP contribution in [0.2, 0.25) is 0 Å². The van der Waals surface area contributed by atoms with E-state index in [0.717, 1.165) is 44.1 Å². The number of carbonyl (C=O) groups excluding carboxylic acids is 2. The maximum Gasteiger partial charge on any atom is 0.289 e. The second-order valence-electron chi connectivity index (χ2n) is 15.3. The summed E-state index contributed by atoms with van der Waals surface area (Å²) >= 11 is 0. The Balaban J connectivity index is 1.85. The first kappa shape index (κ1) is 56.0. The van der Waals surface area contributed by atoms with Gasteiger partial charge in [-0.15, -0.1) is 0 Å². The molecule has 2 aromatic rings. The van der Waals surface area contributed by atoms with Gasteiger partial charge in [0.1, 0.15) is 6.10 Å². The molecule has 1 atom stereocenters. The number of nitro groups is 2. The number of nitrogens with one attached hydrogen (secondary N) is 2. The summed E-state index contributed by atoms with van der Waals surface area (Å²) in [6, 6.07) is 11.0. The molecule has 0 aliphatic heterocycles. The number of sulfonamides is 1. The normalized spacial score (nSPS) is 12.2. The Bertz CT molecular complexity index is 1900.